The highest BCUT2D eigenvalue weighted by molar-refractivity contribution is 9.10. The van der Waals surface area contributed by atoms with Crippen molar-refractivity contribution in [3.63, 3.8) is 0 Å². The first-order valence-corrected chi connectivity index (χ1v) is 8.30. The summed E-state index contributed by atoms with van der Waals surface area (Å²) in [6.45, 7) is 0. The number of carbonyl (C=O) groups is 1. The minimum atomic E-state index is -1.02. The van der Waals surface area contributed by atoms with Crippen molar-refractivity contribution in [2.75, 3.05) is 0 Å². The predicted molar refractivity (Wildman–Crippen MR) is 90.2 cm³/mol. The van der Waals surface area contributed by atoms with Crippen molar-refractivity contribution in [3.05, 3.63) is 56.5 Å². The first-order chi connectivity index (χ1) is 11.1. The molecular weight excluding hydrogens is 430 g/mol. The Balaban J connectivity index is 1.79. The van der Waals surface area contributed by atoms with Crippen LogP contribution >= 0.6 is 31.9 Å². The van der Waals surface area contributed by atoms with Crippen LogP contribution in [0.3, 0.4) is 0 Å². The molecule has 0 aliphatic carbocycles. The van der Waals surface area contributed by atoms with E-state index in [0.29, 0.717) is 34.1 Å². The Labute approximate surface area is 148 Å². The van der Waals surface area contributed by atoms with Crippen molar-refractivity contribution in [2.24, 2.45) is 5.16 Å². The van der Waals surface area contributed by atoms with Gasteiger partial charge in [0.1, 0.15) is 17.5 Å². The molecule has 118 valence electrons. The van der Waals surface area contributed by atoms with Gasteiger partial charge in [0.2, 0.25) is 0 Å². The number of oxime groups is 1. The van der Waals surface area contributed by atoms with Crippen LogP contribution in [0.1, 0.15) is 34.3 Å². The third-order valence-electron chi connectivity index (χ3n) is 3.41. The van der Waals surface area contributed by atoms with Crippen molar-refractivity contribution < 1.29 is 14.7 Å². The fourth-order valence-electron chi connectivity index (χ4n) is 2.26. The van der Waals surface area contributed by atoms with Gasteiger partial charge in [-0.15, -0.1) is 0 Å². The summed E-state index contributed by atoms with van der Waals surface area (Å²) in [5.41, 5.74) is 1.92. The fourth-order valence-corrected chi connectivity index (χ4v) is 2.85. The molecule has 2 unspecified atom stereocenters. The Morgan fingerprint density at radius 3 is 2.74 bits per heavy atom. The summed E-state index contributed by atoms with van der Waals surface area (Å²) in [5, 5.41) is 14.5. The van der Waals surface area contributed by atoms with E-state index in [0.717, 1.165) is 4.47 Å². The molecule has 0 radical (unpaired) electrons. The monoisotopic (exact) mass is 439 g/mol. The number of nitrogens with zero attached hydrogens (tertiary/aromatic N) is 3. The Morgan fingerprint density at radius 2 is 2.04 bits per heavy atom. The van der Waals surface area contributed by atoms with E-state index in [2.05, 4.69) is 47.0 Å². The van der Waals surface area contributed by atoms with Crippen LogP contribution in [0.2, 0.25) is 0 Å². The number of aromatic nitrogens is 2. The van der Waals surface area contributed by atoms with Crippen molar-refractivity contribution >= 4 is 43.9 Å². The molecule has 0 aromatic carbocycles. The van der Waals surface area contributed by atoms with E-state index in [4.69, 9.17) is 4.84 Å². The molecule has 2 aromatic rings. The largest absolute Gasteiger partial charge is 0.389 e. The fraction of sp³-hybridized carbons (Fsp3) is 0.200. The highest BCUT2D eigenvalue weighted by Gasteiger charge is 2.32. The summed E-state index contributed by atoms with van der Waals surface area (Å²) in [7, 11) is 0. The maximum Gasteiger partial charge on any atom is 0.168 e. The number of hydrogen-bond donors (Lipinski definition) is 1. The van der Waals surface area contributed by atoms with E-state index >= 15 is 0 Å². The first kappa shape index (κ1) is 16.2. The third-order valence-corrected chi connectivity index (χ3v) is 4.32. The minimum absolute atomic E-state index is 0.180. The van der Waals surface area contributed by atoms with Crippen LogP contribution in [0, 0.1) is 0 Å². The molecule has 3 heterocycles. The van der Waals surface area contributed by atoms with Crippen LogP contribution in [-0.2, 0) is 4.84 Å². The molecular formula is C15H11Br2N3O3. The second-order valence-electron chi connectivity index (χ2n) is 4.94. The Kier molecular flexibility index (Phi) is 4.84. The molecule has 1 N–H and O–H groups in total. The van der Waals surface area contributed by atoms with Crippen molar-refractivity contribution in [1.82, 2.24) is 9.97 Å². The van der Waals surface area contributed by atoms with Gasteiger partial charge in [-0.2, -0.15) is 0 Å². The molecule has 1 aliphatic rings. The molecule has 0 spiro atoms. The molecule has 8 heteroatoms. The zero-order valence-electron chi connectivity index (χ0n) is 11.7. The van der Waals surface area contributed by atoms with Gasteiger partial charge >= 0.3 is 0 Å². The normalized spacial score (nSPS) is 18.2. The average Bonchev–Trinajstić information content (AvgIpc) is 3.04. The van der Waals surface area contributed by atoms with E-state index < -0.39 is 12.2 Å². The number of aldehydes is 1. The number of pyridine rings is 2. The lowest BCUT2D eigenvalue weighted by Crippen LogP contribution is -2.21. The third kappa shape index (κ3) is 3.49. The van der Waals surface area contributed by atoms with Crippen LogP contribution in [0.15, 0.2) is 44.7 Å². The maximum atomic E-state index is 11.1. The van der Waals surface area contributed by atoms with E-state index in [1.54, 1.807) is 12.3 Å². The van der Waals surface area contributed by atoms with E-state index in [9.17, 15) is 9.90 Å². The first-order valence-electron chi connectivity index (χ1n) is 6.72. The van der Waals surface area contributed by atoms with Gasteiger partial charge in [0.05, 0.1) is 5.69 Å². The molecule has 6 nitrogen and oxygen atoms in total. The molecule has 1 aliphatic heterocycles. The van der Waals surface area contributed by atoms with Crippen molar-refractivity contribution in [3.8, 4) is 0 Å². The van der Waals surface area contributed by atoms with Gasteiger partial charge in [-0.25, -0.2) is 0 Å². The van der Waals surface area contributed by atoms with Gasteiger partial charge in [0.15, 0.2) is 12.4 Å². The van der Waals surface area contributed by atoms with Gasteiger partial charge in [0, 0.05) is 33.3 Å². The van der Waals surface area contributed by atoms with Crippen molar-refractivity contribution in [2.45, 2.75) is 18.6 Å². The topological polar surface area (TPSA) is 84.7 Å². The van der Waals surface area contributed by atoms with E-state index in [1.807, 2.05) is 12.1 Å². The number of hydrogen-bond acceptors (Lipinski definition) is 6. The average molecular weight is 441 g/mol. The molecule has 2 atom stereocenters. The Morgan fingerprint density at radius 1 is 1.26 bits per heavy atom. The summed E-state index contributed by atoms with van der Waals surface area (Å²) in [6.07, 6.45) is 2.56. The molecule has 2 aromatic heterocycles. The summed E-state index contributed by atoms with van der Waals surface area (Å²) < 4.78 is 1.54. The highest BCUT2D eigenvalue weighted by Crippen LogP contribution is 2.29. The van der Waals surface area contributed by atoms with E-state index in [-0.39, 0.29) is 5.69 Å². The van der Waals surface area contributed by atoms with Gasteiger partial charge in [0.25, 0.3) is 0 Å². The van der Waals surface area contributed by atoms with Crippen molar-refractivity contribution in [1.29, 1.82) is 0 Å². The summed E-state index contributed by atoms with van der Waals surface area (Å²) in [5.74, 6) is 0. The zero-order valence-corrected chi connectivity index (χ0v) is 14.9. The lowest BCUT2D eigenvalue weighted by Gasteiger charge is -2.17. The number of carbonyl (C=O) groups excluding carboxylic acids is 1. The molecule has 23 heavy (non-hydrogen) atoms. The summed E-state index contributed by atoms with van der Waals surface area (Å²) >= 11 is 6.61. The summed E-state index contributed by atoms with van der Waals surface area (Å²) in [6, 6.07) is 5.33. The molecule has 0 saturated heterocycles. The maximum absolute atomic E-state index is 11.1. The molecule has 0 fully saturated rings. The standard InChI is InChI=1S/C15H11Br2N3O3/c16-8-1-2-11(18-5-8)12-4-14(23-20-12)15(22)10-3-9(17)6-19-13(10)7-21/h1-3,5-7,14-15,22H,4H2. The number of halogens is 2. The molecule has 3 rings (SSSR count). The zero-order chi connectivity index (χ0) is 16.4. The highest BCUT2D eigenvalue weighted by atomic mass is 79.9. The SMILES string of the molecule is O=Cc1ncc(Br)cc1C(O)C1CC(c2ccc(Br)cn2)=NO1. The second kappa shape index (κ2) is 6.86. The predicted octanol–water partition coefficient (Wildman–Crippen LogP) is 3.04. The Bertz CT molecular complexity index is 765. The Hall–Kier alpha value is -1.64. The second-order valence-corrected chi connectivity index (χ2v) is 6.77. The van der Waals surface area contributed by atoms with Crippen LogP contribution in [-0.4, -0.2) is 33.2 Å². The molecule has 0 saturated carbocycles. The van der Waals surface area contributed by atoms with Crippen LogP contribution in [0.25, 0.3) is 0 Å². The number of aliphatic hydroxyl groups is 1. The number of rotatable bonds is 4. The van der Waals surface area contributed by atoms with Gasteiger partial charge in [-0.05, 0) is 50.1 Å². The lowest BCUT2D eigenvalue weighted by atomic mass is 9.98. The van der Waals surface area contributed by atoms with Crippen LogP contribution < -0.4 is 0 Å². The quantitative estimate of drug-likeness (QED) is 0.738. The lowest BCUT2D eigenvalue weighted by molar-refractivity contribution is -0.0187. The van der Waals surface area contributed by atoms with Crippen LogP contribution in [0.5, 0.6) is 0 Å². The van der Waals surface area contributed by atoms with E-state index in [1.165, 1.54) is 6.20 Å². The number of aliphatic hydroxyl groups excluding tert-OH is 1. The van der Waals surface area contributed by atoms with Gasteiger partial charge in [-0.1, -0.05) is 5.16 Å². The molecule has 0 bridgehead atoms. The van der Waals surface area contributed by atoms with Crippen LogP contribution in [0.4, 0.5) is 0 Å². The minimum Gasteiger partial charge on any atom is -0.389 e. The smallest absolute Gasteiger partial charge is 0.168 e. The summed E-state index contributed by atoms with van der Waals surface area (Å²) in [4.78, 5) is 24.7. The molecule has 0 amide bonds. The van der Waals surface area contributed by atoms with Gasteiger partial charge < -0.3 is 9.94 Å². The van der Waals surface area contributed by atoms with Gasteiger partial charge in [-0.3, -0.25) is 14.8 Å².